The smallest absolute Gasteiger partial charge is 0.0533 e. The van der Waals surface area contributed by atoms with Gasteiger partial charge in [-0.05, 0) is 53.6 Å². The molecule has 1 fully saturated rings. The predicted molar refractivity (Wildman–Crippen MR) is 89.2 cm³/mol. The van der Waals surface area contributed by atoms with Crippen LogP contribution in [-0.4, -0.2) is 10.2 Å². The third kappa shape index (κ3) is 4.52. The first-order valence-corrected chi connectivity index (χ1v) is 8.56. The molecule has 1 aromatic heterocycles. The van der Waals surface area contributed by atoms with Crippen LogP contribution in [0.2, 0.25) is 0 Å². The van der Waals surface area contributed by atoms with Crippen LogP contribution < -0.4 is 0 Å². The first kappa shape index (κ1) is 16.5. The molecule has 0 N–H and O–H groups in total. The molecule has 2 heteroatoms. The Morgan fingerprint density at radius 3 is 2.38 bits per heavy atom. The summed E-state index contributed by atoms with van der Waals surface area (Å²) in [6.45, 7) is 12.0. The van der Waals surface area contributed by atoms with E-state index in [-0.39, 0.29) is 5.41 Å². The van der Waals surface area contributed by atoms with Gasteiger partial charge in [0.25, 0.3) is 0 Å². The maximum atomic E-state index is 4.07. The summed E-state index contributed by atoms with van der Waals surface area (Å²) in [4.78, 5) is 0. The molecule has 0 saturated heterocycles. The molecule has 0 bridgehead atoms. The monoisotopic (exact) mass is 288 g/mol. The summed E-state index contributed by atoms with van der Waals surface area (Å²) in [6, 6.07) is 2.13. The van der Waals surface area contributed by atoms with Gasteiger partial charge in [-0.15, -0.1) is 0 Å². The van der Waals surface area contributed by atoms with Gasteiger partial charge >= 0.3 is 0 Å². The molecule has 1 aromatic rings. The van der Waals surface area contributed by atoms with Gasteiger partial charge in [-0.25, -0.2) is 0 Å². The van der Waals surface area contributed by atoms with Crippen molar-refractivity contribution >= 4 is 0 Å². The molecule has 0 aliphatic heterocycles. The van der Waals surface area contributed by atoms with E-state index in [9.17, 15) is 0 Å². The van der Waals surface area contributed by atoms with Crippen LogP contribution in [0, 0.1) is 17.3 Å². The normalized spacial score (nSPS) is 24.6. The highest BCUT2D eigenvalue weighted by atomic mass is 15.1. The van der Waals surface area contributed by atoms with Gasteiger partial charge in [0, 0.05) is 6.20 Å². The molecule has 1 heterocycles. The van der Waals surface area contributed by atoms with E-state index in [2.05, 4.69) is 50.9 Å². The minimum atomic E-state index is 0.202. The van der Waals surface area contributed by atoms with E-state index in [1.165, 1.54) is 44.1 Å². The van der Waals surface area contributed by atoms with Gasteiger partial charge in [-0.3, -0.25) is 0 Å². The van der Waals surface area contributed by atoms with Gasteiger partial charge in [0.05, 0.1) is 6.20 Å². The van der Waals surface area contributed by atoms with Gasteiger partial charge in [0.2, 0.25) is 0 Å². The van der Waals surface area contributed by atoms with Crippen molar-refractivity contribution in [2.75, 3.05) is 0 Å². The fourth-order valence-electron chi connectivity index (χ4n) is 3.96. The summed E-state index contributed by atoms with van der Waals surface area (Å²) < 4.78 is 0. The highest BCUT2D eigenvalue weighted by molar-refractivity contribution is 5.17. The van der Waals surface area contributed by atoms with Crippen LogP contribution in [0.5, 0.6) is 0 Å². The van der Waals surface area contributed by atoms with Crippen molar-refractivity contribution < 1.29 is 0 Å². The Hall–Kier alpha value is -0.920. The molecule has 1 saturated carbocycles. The Morgan fingerprint density at radius 2 is 1.76 bits per heavy atom. The van der Waals surface area contributed by atoms with E-state index in [0.717, 1.165) is 11.8 Å². The minimum Gasteiger partial charge on any atom is -0.159 e. The lowest BCUT2D eigenvalue weighted by molar-refractivity contribution is 0.180. The van der Waals surface area contributed by atoms with Crippen molar-refractivity contribution in [3.63, 3.8) is 0 Å². The highest BCUT2D eigenvalue weighted by Gasteiger charge is 2.32. The standard InChI is InChI=1S/C19H32N2/c1-18(2,3)16-9-7-6-8-15(12-16)13-19(4,5)17-10-11-20-21-14-17/h10-11,14-16H,6-9,12-13H2,1-5H3. The van der Waals surface area contributed by atoms with Crippen LogP contribution >= 0.6 is 0 Å². The van der Waals surface area contributed by atoms with Crippen LogP contribution in [0.4, 0.5) is 0 Å². The highest BCUT2D eigenvalue weighted by Crippen LogP contribution is 2.43. The summed E-state index contributed by atoms with van der Waals surface area (Å²) in [5, 5.41) is 7.98. The number of hydrogen-bond acceptors (Lipinski definition) is 2. The molecule has 21 heavy (non-hydrogen) atoms. The second kappa shape index (κ2) is 6.46. The van der Waals surface area contributed by atoms with Crippen molar-refractivity contribution in [2.24, 2.45) is 17.3 Å². The average molecular weight is 288 g/mol. The van der Waals surface area contributed by atoms with Gasteiger partial charge < -0.3 is 0 Å². The van der Waals surface area contributed by atoms with E-state index < -0.39 is 0 Å². The summed E-state index contributed by atoms with van der Waals surface area (Å²) in [6.07, 6.45) is 12.1. The number of nitrogens with zero attached hydrogens (tertiary/aromatic N) is 2. The molecule has 1 aliphatic carbocycles. The zero-order valence-corrected chi connectivity index (χ0v) is 14.5. The van der Waals surface area contributed by atoms with Gasteiger partial charge in [0.15, 0.2) is 0 Å². The molecular weight excluding hydrogens is 256 g/mol. The summed E-state index contributed by atoms with van der Waals surface area (Å²) in [5.41, 5.74) is 1.98. The van der Waals surface area contributed by atoms with Crippen molar-refractivity contribution in [3.8, 4) is 0 Å². The molecule has 2 unspecified atom stereocenters. The first-order valence-electron chi connectivity index (χ1n) is 8.56. The third-order valence-electron chi connectivity index (χ3n) is 5.42. The Balaban J connectivity index is 2.07. The topological polar surface area (TPSA) is 25.8 Å². The maximum absolute atomic E-state index is 4.07. The third-order valence-corrected chi connectivity index (χ3v) is 5.42. The number of hydrogen-bond donors (Lipinski definition) is 0. The molecule has 0 amide bonds. The summed E-state index contributed by atoms with van der Waals surface area (Å²) in [5.74, 6) is 1.72. The van der Waals surface area contributed by atoms with Gasteiger partial charge in [-0.1, -0.05) is 53.9 Å². The van der Waals surface area contributed by atoms with Crippen LogP contribution in [0.1, 0.15) is 78.7 Å². The zero-order valence-electron chi connectivity index (χ0n) is 14.5. The Morgan fingerprint density at radius 1 is 1.05 bits per heavy atom. The van der Waals surface area contributed by atoms with Crippen LogP contribution in [0.15, 0.2) is 18.5 Å². The SMILES string of the molecule is CC(C)(CC1CCCCC(C(C)(C)C)C1)c1ccnnc1. The Labute approximate surface area is 130 Å². The zero-order chi connectivity index (χ0) is 15.5. The lowest BCUT2D eigenvalue weighted by Gasteiger charge is -2.35. The summed E-state index contributed by atoms with van der Waals surface area (Å²) >= 11 is 0. The molecule has 1 aliphatic rings. The van der Waals surface area contributed by atoms with Crippen molar-refractivity contribution in [1.29, 1.82) is 0 Å². The molecule has 2 atom stereocenters. The van der Waals surface area contributed by atoms with Crippen molar-refractivity contribution in [3.05, 3.63) is 24.0 Å². The fraction of sp³-hybridized carbons (Fsp3) is 0.789. The van der Waals surface area contributed by atoms with E-state index in [1.807, 2.05) is 12.4 Å². The van der Waals surface area contributed by atoms with E-state index in [0.29, 0.717) is 5.41 Å². The molecular formula is C19H32N2. The molecule has 2 rings (SSSR count). The van der Waals surface area contributed by atoms with Crippen LogP contribution in [0.25, 0.3) is 0 Å². The molecule has 2 nitrogen and oxygen atoms in total. The molecule has 118 valence electrons. The number of aromatic nitrogens is 2. The minimum absolute atomic E-state index is 0.202. The Kier molecular flexibility index (Phi) is 5.06. The van der Waals surface area contributed by atoms with Crippen LogP contribution in [0.3, 0.4) is 0 Å². The maximum Gasteiger partial charge on any atom is 0.0533 e. The van der Waals surface area contributed by atoms with Crippen LogP contribution in [-0.2, 0) is 5.41 Å². The molecule has 0 aromatic carbocycles. The van der Waals surface area contributed by atoms with Crippen molar-refractivity contribution in [1.82, 2.24) is 10.2 Å². The van der Waals surface area contributed by atoms with E-state index >= 15 is 0 Å². The lowest BCUT2D eigenvalue weighted by Crippen LogP contribution is -2.26. The molecule has 0 spiro atoms. The van der Waals surface area contributed by atoms with Gasteiger partial charge in [0.1, 0.15) is 0 Å². The first-order chi connectivity index (χ1) is 9.79. The van der Waals surface area contributed by atoms with Gasteiger partial charge in [-0.2, -0.15) is 10.2 Å². The average Bonchev–Trinajstić information content (AvgIpc) is 2.64. The largest absolute Gasteiger partial charge is 0.159 e. The second-order valence-corrected chi connectivity index (χ2v) is 8.67. The predicted octanol–water partition coefficient (Wildman–Crippen LogP) is 5.39. The van der Waals surface area contributed by atoms with E-state index in [4.69, 9.17) is 0 Å². The fourth-order valence-corrected chi connectivity index (χ4v) is 3.96. The second-order valence-electron chi connectivity index (χ2n) is 8.67. The van der Waals surface area contributed by atoms with E-state index in [1.54, 1.807) is 0 Å². The lowest BCUT2D eigenvalue weighted by atomic mass is 9.70. The quantitative estimate of drug-likeness (QED) is 0.697. The Bertz CT molecular complexity index is 431. The van der Waals surface area contributed by atoms with Crippen molar-refractivity contribution in [2.45, 2.75) is 78.6 Å². The molecule has 0 radical (unpaired) electrons. The summed E-state index contributed by atoms with van der Waals surface area (Å²) in [7, 11) is 0. The number of rotatable bonds is 3.